The number of carbonyl (C=O) groups is 1. The Hall–Kier alpha value is -2.65. The van der Waals surface area contributed by atoms with E-state index in [0.717, 1.165) is 11.6 Å². The molecule has 0 aromatic heterocycles. The number of benzene rings is 2. The smallest absolute Gasteiger partial charge is 0.312 e. The molecule has 0 saturated heterocycles. The van der Waals surface area contributed by atoms with Gasteiger partial charge in [-0.3, -0.25) is 4.79 Å². The van der Waals surface area contributed by atoms with Gasteiger partial charge >= 0.3 is 5.97 Å². The number of allylic oxidation sites excluding steroid dienone is 3. The van der Waals surface area contributed by atoms with Gasteiger partial charge in [-0.05, 0) is 65.0 Å². The van der Waals surface area contributed by atoms with Crippen LogP contribution in [0.2, 0.25) is 0 Å². The van der Waals surface area contributed by atoms with Gasteiger partial charge in [-0.1, -0.05) is 42.5 Å². The first-order valence-corrected chi connectivity index (χ1v) is 8.62. The second-order valence-electron chi connectivity index (χ2n) is 6.81. The van der Waals surface area contributed by atoms with Crippen LogP contribution in [0, 0.1) is 0 Å². The highest BCUT2D eigenvalue weighted by Gasteiger charge is 2.13. The molecule has 2 aromatic carbocycles. The van der Waals surface area contributed by atoms with Crippen molar-refractivity contribution in [3.63, 3.8) is 0 Å². The lowest BCUT2D eigenvalue weighted by Gasteiger charge is -2.14. The third kappa shape index (κ3) is 3.03. The Balaban J connectivity index is 1.65. The molecule has 3 heteroatoms. The predicted molar refractivity (Wildman–Crippen MR) is 102 cm³/mol. The Bertz CT molecular complexity index is 1040. The van der Waals surface area contributed by atoms with Crippen LogP contribution in [0.3, 0.4) is 0 Å². The number of ether oxygens (including phenoxy) is 1. The average Bonchev–Trinajstić information content (AvgIpc) is 3.08. The Morgan fingerprint density at radius 1 is 1.12 bits per heavy atom. The summed E-state index contributed by atoms with van der Waals surface area (Å²) in [5.74, 6) is 0.476. The molecule has 0 spiro atoms. The SMILES string of the molecule is CN(C)CCC(=O)OC1=CCc2c(ccc3c4c(ccc23)=CC=C4)=C1. The molecule has 25 heavy (non-hydrogen) atoms. The lowest BCUT2D eigenvalue weighted by molar-refractivity contribution is -0.139. The number of fused-ring (bicyclic) bond motifs is 5. The van der Waals surface area contributed by atoms with Gasteiger partial charge in [0.2, 0.25) is 0 Å². The molecule has 0 radical (unpaired) electrons. The highest BCUT2D eigenvalue weighted by Crippen LogP contribution is 2.23. The standard InChI is InChI=1S/C22H21NO2/c1-23(2)13-12-22(24)25-17-8-11-19-16(14-17)7-10-20-18-5-3-4-15(18)6-9-21(19)20/h3-10,14H,11-13H2,1-2H3. The molecule has 4 rings (SSSR count). The van der Waals surface area contributed by atoms with E-state index in [0.29, 0.717) is 18.7 Å². The topological polar surface area (TPSA) is 29.5 Å². The lowest BCUT2D eigenvalue weighted by atomic mass is 9.94. The van der Waals surface area contributed by atoms with Gasteiger partial charge in [-0.25, -0.2) is 0 Å². The van der Waals surface area contributed by atoms with Crippen molar-refractivity contribution in [1.82, 2.24) is 4.90 Å². The summed E-state index contributed by atoms with van der Waals surface area (Å²) in [5, 5.41) is 4.98. The molecule has 2 aliphatic carbocycles. The van der Waals surface area contributed by atoms with Crippen molar-refractivity contribution < 1.29 is 9.53 Å². The number of nitrogens with zero attached hydrogens (tertiary/aromatic N) is 1. The van der Waals surface area contributed by atoms with E-state index in [1.807, 2.05) is 31.1 Å². The molecular formula is C22H21NO2. The molecule has 0 fully saturated rings. The minimum absolute atomic E-state index is 0.182. The zero-order valence-corrected chi connectivity index (χ0v) is 14.6. The van der Waals surface area contributed by atoms with Crippen LogP contribution in [-0.4, -0.2) is 31.5 Å². The summed E-state index contributed by atoms with van der Waals surface area (Å²) < 4.78 is 5.51. The van der Waals surface area contributed by atoms with Crippen molar-refractivity contribution in [3.05, 3.63) is 63.7 Å². The first kappa shape index (κ1) is 15.9. The Morgan fingerprint density at radius 3 is 2.76 bits per heavy atom. The quantitative estimate of drug-likeness (QED) is 0.806. The molecule has 0 N–H and O–H groups in total. The van der Waals surface area contributed by atoms with Crippen LogP contribution in [0.15, 0.2) is 42.2 Å². The monoisotopic (exact) mass is 331 g/mol. The van der Waals surface area contributed by atoms with Gasteiger partial charge in [-0.15, -0.1) is 0 Å². The van der Waals surface area contributed by atoms with Gasteiger partial charge in [0.05, 0.1) is 6.42 Å². The summed E-state index contributed by atoms with van der Waals surface area (Å²) in [6.07, 6.45) is 11.6. The fourth-order valence-corrected chi connectivity index (χ4v) is 3.45. The molecule has 0 heterocycles. The normalized spacial score (nSPS) is 14.6. The summed E-state index contributed by atoms with van der Waals surface area (Å²) in [6, 6.07) is 8.68. The molecule has 0 bridgehead atoms. The molecule has 0 atom stereocenters. The maximum Gasteiger partial charge on any atom is 0.312 e. The van der Waals surface area contributed by atoms with E-state index >= 15 is 0 Å². The Morgan fingerprint density at radius 2 is 1.92 bits per heavy atom. The van der Waals surface area contributed by atoms with Crippen molar-refractivity contribution in [2.45, 2.75) is 12.8 Å². The summed E-state index contributed by atoms with van der Waals surface area (Å²) in [6.45, 7) is 0.697. The maximum absolute atomic E-state index is 11.9. The largest absolute Gasteiger partial charge is 0.427 e. The minimum Gasteiger partial charge on any atom is -0.427 e. The second kappa shape index (κ2) is 6.34. The van der Waals surface area contributed by atoms with Crippen LogP contribution in [0.25, 0.3) is 29.0 Å². The zero-order chi connectivity index (χ0) is 17.4. The van der Waals surface area contributed by atoms with E-state index in [1.54, 1.807) is 0 Å². The van der Waals surface area contributed by atoms with Crippen molar-refractivity contribution >= 4 is 35.0 Å². The minimum atomic E-state index is -0.182. The van der Waals surface area contributed by atoms with Gasteiger partial charge < -0.3 is 9.64 Å². The van der Waals surface area contributed by atoms with Gasteiger partial charge in [0.25, 0.3) is 0 Å². The van der Waals surface area contributed by atoms with Gasteiger partial charge in [0, 0.05) is 6.54 Å². The van der Waals surface area contributed by atoms with Gasteiger partial charge in [-0.2, -0.15) is 0 Å². The number of hydrogen-bond acceptors (Lipinski definition) is 3. The fraction of sp³-hybridized carbons (Fsp3) is 0.227. The third-order valence-electron chi connectivity index (χ3n) is 4.76. The second-order valence-corrected chi connectivity index (χ2v) is 6.81. The van der Waals surface area contributed by atoms with Gasteiger partial charge in [0.15, 0.2) is 0 Å². The predicted octanol–water partition coefficient (Wildman–Crippen LogP) is 2.36. The number of rotatable bonds is 4. The summed E-state index contributed by atoms with van der Waals surface area (Å²) >= 11 is 0. The molecule has 0 unspecified atom stereocenters. The number of carbonyl (C=O) groups excluding carboxylic acids is 1. The van der Waals surface area contributed by atoms with Gasteiger partial charge in [0.1, 0.15) is 5.76 Å². The van der Waals surface area contributed by atoms with Crippen molar-refractivity contribution in [2.24, 2.45) is 0 Å². The molecule has 2 aliphatic rings. The van der Waals surface area contributed by atoms with Crippen molar-refractivity contribution in [3.8, 4) is 0 Å². The lowest BCUT2D eigenvalue weighted by Crippen LogP contribution is -2.19. The van der Waals surface area contributed by atoms with E-state index in [4.69, 9.17) is 4.74 Å². The highest BCUT2D eigenvalue weighted by atomic mass is 16.5. The van der Waals surface area contributed by atoms with E-state index in [1.165, 1.54) is 27.1 Å². The van der Waals surface area contributed by atoms with E-state index in [-0.39, 0.29) is 5.97 Å². The average molecular weight is 331 g/mol. The summed E-state index contributed by atoms with van der Waals surface area (Å²) in [4.78, 5) is 13.9. The van der Waals surface area contributed by atoms with E-state index < -0.39 is 0 Å². The fourth-order valence-electron chi connectivity index (χ4n) is 3.45. The molecule has 0 aliphatic heterocycles. The Kier molecular flexibility index (Phi) is 4.02. The van der Waals surface area contributed by atoms with Crippen LogP contribution in [-0.2, 0) is 16.0 Å². The summed E-state index contributed by atoms with van der Waals surface area (Å²) in [5.41, 5.74) is 2.60. The first-order chi connectivity index (χ1) is 12.1. The molecule has 0 saturated carbocycles. The molecule has 126 valence electrons. The van der Waals surface area contributed by atoms with Crippen LogP contribution >= 0.6 is 0 Å². The molecule has 0 amide bonds. The summed E-state index contributed by atoms with van der Waals surface area (Å²) in [7, 11) is 3.90. The van der Waals surface area contributed by atoms with Crippen LogP contribution in [0.1, 0.15) is 17.5 Å². The highest BCUT2D eigenvalue weighted by molar-refractivity contribution is 5.96. The molecule has 3 nitrogen and oxygen atoms in total. The zero-order valence-electron chi connectivity index (χ0n) is 14.6. The Labute approximate surface area is 147 Å². The molecular weight excluding hydrogens is 310 g/mol. The van der Waals surface area contributed by atoms with E-state index in [9.17, 15) is 4.79 Å². The molecule has 2 aromatic rings. The van der Waals surface area contributed by atoms with Crippen LogP contribution in [0.4, 0.5) is 0 Å². The third-order valence-corrected chi connectivity index (χ3v) is 4.76. The first-order valence-electron chi connectivity index (χ1n) is 8.62. The van der Waals surface area contributed by atoms with E-state index in [2.05, 4.69) is 42.5 Å². The van der Waals surface area contributed by atoms with Crippen LogP contribution in [0.5, 0.6) is 0 Å². The number of esters is 1. The van der Waals surface area contributed by atoms with Crippen molar-refractivity contribution in [1.29, 1.82) is 0 Å². The van der Waals surface area contributed by atoms with Crippen LogP contribution < -0.4 is 10.4 Å². The van der Waals surface area contributed by atoms with Crippen molar-refractivity contribution in [2.75, 3.05) is 20.6 Å². The number of hydrogen-bond donors (Lipinski definition) is 0. The maximum atomic E-state index is 11.9.